The van der Waals surface area contributed by atoms with Crippen LogP contribution in [0.2, 0.25) is 0 Å². The van der Waals surface area contributed by atoms with Crippen molar-refractivity contribution in [2.45, 2.75) is 26.5 Å². The topological polar surface area (TPSA) is 90.2 Å². The van der Waals surface area contributed by atoms with Crippen molar-refractivity contribution in [1.29, 1.82) is 0 Å². The van der Waals surface area contributed by atoms with Crippen molar-refractivity contribution in [2.24, 2.45) is 0 Å². The molecule has 9 nitrogen and oxygen atoms in total. The Hall–Kier alpha value is -3.50. The van der Waals surface area contributed by atoms with Gasteiger partial charge in [-0.3, -0.25) is 4.90 Å². The largest absolute Gasteiger partial charge is 0.479 e. The maximum absolute atomic E-state index is 6.33. The lowest BCUT2D eigenvalue weighted by Gasteiger charge is -2.17. The van der Waals surface area contributed by atoms with Gasteiger partial charge in [-0.2, -0.15) is 9.97 Å². The summed E-state index contributed by atoms with van der Waals surface area (Å²) in [5.74, 6) is 2.37. The van der Waals surface area contributed by atoms with Gasteiger partial charge < -0.3 is 19.4 Å². The number of nitrogens with zero attached hydrogens (tertiary/aromatic N) is 6. The fraction of sp³-hybridized carbons (Fsp3) is 0.304. The predicted molar refractivity (Wildman–Crippen MR) is 127 cm³/mol. The normalized spacial score (nSPS) is 16.1. The maximum Gasteiger partial charge on any atom is 0.240 e. The fourth-order valence-electron chi connectivity index (χ4n) is 3.75. The van der Waals surface area contributed by atoms with E-state index in [4.69, 9.17) is 14.5 Å². The molecule has 5 heterocycles. The fourth-order valence-corrected chi connectivity index (χ4v) is 4.55. The van der Waals surface area contributed by atoms with Crippen LogP contribution in [0.1, 0.15) is 27.2 Å². The second-order valence-electron chi connectivity index (χ2n) is 8.05. The number of methoxy groups -OCH3 is 1. The predicted octanol–water partition coefficient (Wildman–Crippen LogP) is 4.05. The summed E-state index contributed by atoms with van der Waals surface area (Å²) in [5.41, 5.74) is 2.77. The number of aryl methyl sites for hydroxylation is 2. The Morgan fingerprint density at radius 2 is 1.94 bits per heavy atom. The first kappa shape index (κ1) is 21.4. The highest BCUT2D eigenvalue weighted by molar-refractivity contribution is 7.11. The lowest BCUT2D eigenvalue weighted by atomic mass is 10.2. The van der Waals surface area contributed by atoms with E-state index in [1.807, 2.05) is 48.1 Å². The van der Waals surface area contributed by atoms with Gasteiger partial charge in [0, 0.05) is 35.9 Å². The number of ether oxygens (including phenoxy) is 2. The Morgan fingerprint density at radius 3 is 2.67 bits per heavy atom. The van der Waals surface area contributed by atoms with Crippen LogP contribution in [-0.4, -0.2) is 50.1 Å². The Kier molecular flexibility index (Phi) is 5.69. The van der Waals surface area contributed by atoms with Crippen LogP contribution >= 0.6 is 11.3 Å². The summed E-state index contributed by atoms with van der Waals surface area (Å²) in [6.45, 7) is 5.50. The number of fused-ring (bicyclic) bond motifs is 1. The van der Waals surface area contributed by atoms with E-state index in [0.717, 1.165) is 35.0 Å². The monoisotopic (exact) mass is 463 g/mol. The van der Waals surface area contributed by atoms with E-state index >= 15 is 0 Å². The van der Waals surface area contributed by atoms with Crippen LogP contribution in [0, 0.1) is 13.8 Å². The first-order valence-electron chi connectivity index (χ1n) is 10.6. The van der Waals surface area contributed by atoms with E-state index in [1.54, 1.807) is 24.8 Å². The van der Waals surface area contributed by atoms with Crippen LogP contribution < -0.4 is 14.8 Å². The molecule has 33 heavy (non-hydrogen) atoms. The van der Waals surface area contributed by atoms with Gasteiger partial charge in [-0.15, -0.1) is 11.3 Å². The van der Waals surface area contributed by atoms with Gasteiger partial charge >= 0.3 is 0 Å². The molecular formula is C23H25N7O2S. The van der Waals surface area contributed by atoms with E-state index in [-0.39, 0.29) is 6.10 Å². The Morgan fingerprint density at radius 1 is 1.12 bits per heavy atom. The molecule has 1 N–H and O–H groups in total. The molecule has 0 fully saturated rings. The molecule has 0 spiro atoms. The first-order chi connectivity index (χ1) is 16.0. The zero-order valence-electron chi connectivity index (χ0n) is 18.9. The molecule has 4 aromatic heterocycles. The molecule has 1 atom stereocenters. The number of rotatable bonds is 5. The van der Waals surface area contributed by atoms with Crippen molar-refractivity contribution in [3.63, 3.8) is 0 Å². The van der Waals surface area contributed by atoms with Crippen molar-refractivity contribution in [3.05, 3.63) is 64.1 Å². The lowest BCUT2D eigenvalue weighted by Crippen LogP contribution is -2.24. The van der Waals surface area contributed by atoms with Crippen molar-refractivity contribution in [1.82, 2.24) is 29.4 Å². The minimum atomic E-state index is -0.158. The third kappa shape index (κ3) is 4.53. The lowest BCUT2D eigenvalue weighted by molar-refractivity contribution is 0.159. The molecule has 1 unspecified atom stereocenters. The summed E-state index contributed by atoms with van der Waals surface area (Å²) in [6, 6.07) is 7.79. The molecule has 1 aliphatic heterocycles. The number of hydrogen-bond acceptors (Lipinski definition) is 9. The number of hydrogen-bond donors (Lipinski definition) is 1. The molecule has 0 saturated heterocycles. The second-order valence-corrected chi connectivity index (χ2v) is 9.31. The number of thiazole rings is 1. The minimum absolute atomic E-state index is 0.158. The SMILES string of the molecule is COc1nc(Nc2ccc3c(n2)OC(c2ncc(C)s2)CN(C)C3)ccc1-n1cnc(C)c1. The number of likely N-dealkylation sites (N-methyl/N-ethyl adjacent to an activating group) is 1. The van der Waals surface area contributed by atoms with Crippen molar-refractivity contribution in [3.8, 4) is 17.4 Å². The maximum atomic E-state index is 6.33. The van der Waals surface area contributed by atoms with Gasteiger partial charge in [-0.25, -0.2) is 9.97 Å². The quantitative estimate of drug-likeness (QED) is 0.474. The summed E-state index contributed by atoms with van der Waals surface area (Å²) in [7, 11) is 3.68. The number of aromatic nitrogens is 5. The molecule has 5 rings (SSSR count). The summed E-state index contributed by atoms with van der Waals surface area (Å²) in [6.07, 6.45) is 5.39. The summed E-state index contributed by atoms with van der Waals surface area (Å²) < 4.78 is 13.7. The van der Waals surface area contributed by atoms with Gasteiger partial charge in [-0.1, -0.05) is 0 Å². The van der Waals surface area contributed by atoms with Gasteiger partial charge in [0.1, 0.15) is 22.3 Å². The third-order valence-electron chi connectivity index (χ3n) is 5.30. The standard InChI is InChI=1S/C23H25N7O2S/c1-14-10-30(13-25-14)17-6-8-20(28-22(17)31-4)26-19-7-5-16-11-29(3)12-18(32-21(16)27-19)23-24-9-15(2)33-23/h5-10,13,18H,11-12H2,1-4H3,(H,26,27,28). The molecule has 1 aliphatic rings. The van der Waals surface area contributed by atoms with Gasteiger partial charge in [0.25, 0.3) is 0 Å². The van der Waals surface area contributed by atoms with E-state index in [2.05, 4.69) is 39.1 Å². The molecule has 0 radical (unpaired) electrons. The molecule has 0 saturated carbocycles. The molecule has 170 valence electrons. The van der Waals surface area contributed by atoms with Crippen LogP contribution in [0.4, 0.5) is 11.6 Å². The minimum Gasteiger partial charge on any atom is -0.479 e. The van der Waals surface area contributed by atoms with E-state index in [9.17, 15) is 0 Å². The second kappa shape index (κ2) is 8.80. The van der Waals surface area contributed by atoms with Crippen LogP contribution in [-0.2, 0) is 6.54 Å². The molecule has 4 aromatic rings. The molecular weight excluding hydrogens is 438 g/mol. The molecule has 10 heteroatoms. The Balaban J connectivity index is 1.40. The number of anilines is 2. The van der Waals surface area contributed by atoms with Crippen LogP contribution in [0.5, 0.6) is 11.8 Å². The van der Waals surface area contributed by atoms with Gasteiger partial charge in [0.15, 0.2) is 6.10 Å². The summed E-state index contributed by atoms with van der Waals surface area (Å²) in [4.78, 5) is 21.5. The van der Waals surface area contributed by atoms with Crippen LogP contribution in [0.15, 0.2) is 43.0 Å². The molecule has 0 bridgehead atoms. The number of pyridine rings is 2. The number of imidazole rings is 1. The highest BCUT2D eigenvalue weighted by Crippen LogP contribution is 2.32. The summed E-state index contributed by atoms with van der Waals surface area (Å²) in [5, 5.41) is 4.23. The van der Waals surface area contributed by atoms with E-state index < -0.39 is 0 Å². The van der Waals surface area contributed by atoms with Gasteiger partial charge in [0.05, 0.1) is 19.1 Å². The highest BCUT2D eigenvalue weighted by Gasteiger charge is 2.26. The zero-order valence-corrected chi connectivity index (χ0v) is 19.8. The van der Waals surface area contributed by atoms with Crippen molar-refractivity contribution < 1.29 is 9.47 Å². The highest BCUT2D eigenvalue weighted by atomic mass is 32.1. The Labute approximate surface area is 196 Å². The van der Waals surface area contributed by atoms with Gasteiger partial charge in [-0.05, 0) is 45.2 Å². The number of nitrogens with one attached hydrogen (secondary N) is 1. The smallest absolute Gasteiger partial charge is 0.240 e. The summed E-state index contributed by atoms with van der Waals surface area (Å²) >= 11 is 1.66. The van der Waals surface area contributed by atoms with Crippen molar-refractivity contribution in [2.75, 3.05) is 26.0 Å². The molecule has 0 amide bonds. The Bertz CT molecular complexity index is 1290. The average Bonchev–Trinajstić information content (AvgIpc) is 3.39. The van der Waals surface area contributed by atoms with Crippen LogP contribution in [0.25, 0.3) is 5.69 Å². The van der Waals surface area contributed by atoms with E-state index in [1.165, 1.54) is 4.88 Å². The van der Waals surface area contributed by atoms with Crippen LogP contribution in [0.3, 0.4) is 0 Å². The first-order valence-corrected chi connectivity index (χ1v) is 11.4. The molecule has 0 aromatic carbocycles. The zero-order chi connectivity index (χ0) is 22.9. The third-order valence-corrected chi connectivity index (χ3v) is 6.31. The van der Waals surface area contributed by atoms with Gasteiger partial charge in [0.2, 0.25) is 11.8 Å². The molecule has 0 aliphatic carbocycles. The van der Waals surface area contributed by atoms with E-state index in [0.29, 0.717) is 23.4 Å². The van der Waals surface area contributed by atoms with Crippen molar-refractivity contribution >= 4 is 23.0 Å². The average molecular weight is 464 g/mol.